The van der Waals surface area contributed by atoms with Crippen LogP contribution >= 0.6 is 0 Å². The fourth-order valence-corrected chi connectivity index (χ4v) is 4.28. The van der Waals surface area contributed by atoms with Gasteiger partial charge in [0.2, 0.25) is 0 Å². The van der Waals surface area contributed by atoms with Crippen molar-refractivity contribution in [3.63, 3.8) is 0 Å². The predicted molar refractivity (Wildman–Crippen MR) is 78.4 cm³/mol. The van der Waals surface area contributed by atoms with Gasteiger partial charge >= 0.3 is 0 Å². The van der Waals surface area contributed by atoms with Gasteiger partial charge in [0.05, 0.1) is 11.7 Å². The molecule has 0 aromatic heterocycles. The zero-order valence-electron chi connectivity index (χ0n) is 12.7. The minimum atomic E-state index is 0.263. The van der Waals surface area contributed by atoms with Gasteiger partial charge in [0.25, 0.3) is 0 Å². The number of ether oxygens (including phenoxy) is 1. The molecule has 0 radical (unpaired) electrons. The summed E-state index contributed by atoms with van der Waals surface area (Å²) in [4.78, 5) is 2.60. The Kier molecular flexibility index (Phi) is 3.89. The number of hydrogen-bond donors (Lipinski definition) is 1. The molecule has 1 atom stereocenters. The molecule has 110 valence electrons. The summed E-state index contributed by atoms with van der Waals surface area (Å²) in [6.45, 7) is 9.20. The number of piperazine rings is 1. The van der Waals surface area contributed by atoms with Gasteiger partial charge in [-0.1, -0.05) is 19.3 Å². The first-order valence-corrected chi connectivity index (χ1v) is 8.22. The first kappa shape index (κ1) is 13.8. The van der Waals surface area contributed by atoms with Gasteiger partial charge < -0.3 is 10.1 Å². The highest BCUT2D eigenvalue weighted by Gasteiger charge is 2.41. The molecule has 3 heteroatoms. The van der Waals surface area contributed by atoms with Crippen LogP contribution in [-0.4, -0.2) is 48.3 Å². The van der Waals surface area contributed by atoms with Crippen LogP contribution in [0.4, 0.5) is 0 Å². The van der Waals surface area contributed by atoms with Crippen molar-refractivity contribution in [2.45, 2.75) is 76.0 Å². The highest BCUT2D eigenvalue weighted by Crippen LogP contribution is 2.42. The smallest absolute Gasteiger partial charge is 0.0710 e. The van der Waals surface area contributed by atoms with Crippen molar-refractivity contribution >= 4 is 0 Å². The highest BCUT2D eigenvalue weighted by molar-refractivity contribution is 4.93. The quantitative estimate of drug-likeness (QED) is 0.831. The lowest BCUT2D eigenvalue weighted by molar-refractivity contribution is -0.0743. The zero-order valence-corrected chi connectivity index (χ0v) is 12.7. The number of nitrogens with one attached hydrogen (secondary N) is 1. The van der Waals surface area contributed by atoms with Crippen molar-refractivity contribution < 1.29 is 4.74 Å². The van der Waals surface area contributed by atoms with Gasteiger partial charge in [-0.3, -0.25) is 4.90 Å². The van der Waals surface area contributed by atoms with Crippen molar-refractivity contribution in [3.05, 3.63) is 0 Å². The molecule has 0 bridgehead atoms. The van der Waals surface area contributed by atoms with Crippen LogP contribution in [0.3, 0.4) is 0 Å². The van der Waals surface area contributed by atoms with E-state index in [1.807, 2.05) is 0 Å². The van der Waals surface area contributed by atoms with Crippen molar-refractivity contribution in [2.24, 2.45) is 0 Å². The maximum atomic E-state index is 6.50. The minimum Gasteiger partial charge on any atom is -0.370 e. The lowest BCUT2D eigenvalue weighted by Gasteiger charge is -2.40. The molecule has 2 heterocycles. The third-order valence-corrected chi connectivity index (χ3v) is 5.22. The first-order valence-electron chi connectivity index (χ1n) is 8.22. The van der Waals surface area contributed by atoms with Gasteiger partial charge in [0.15, 0.2) is 0 Å². The van der Waals surface area contributed by atoms with E-state index >= 15 is 0 Å². The van der Waals surface area contributed by atoms with Crippen LogP contribution in [0.15, 0.2) is 0 Å². The first-order chi connectivity index (χ1) is 9.07. The summed E-state index contributed by atoms with van der Waals surface area (Å²) in [5.74, 6) is 0. The zero-order chi connectivity index (χ0) is 13.3. The average Bonchev–Trinajstić information content (AvgIpc) is 2.72. The van der Waals surface area contributed by atoms with E-state index in [1.165, 1.54) is 51.5 Å². The van der Waals surface area contributed by atoms with Crippen LogP contribution in [-0.2, 0) is 4.74 Å². The third kappa shape index (κ3) is 3.32. The normalized spacial score (nSPS) is 34.7. The Morgan fingerprint density at radius 2 is 1.95 bits per heavy atom. The van der Waals surface area contributed by atoms with E-state index < -0.39 is 0 Å². The summed E-state index contributed by atoms with van der Waals surface area (Å²) in [6.07, 6.45) is 9.90. The SMILES string of the molecule is CC1(C)CN(CC2CCC3(CCCCC3)O2)CCN1. The molecule has 0 amide bonds. The summed E-state index contributed by atoms with van der Waals surface area (Å²) in [7, 11) is 0. The van der Waals surface area contributed by atoms with E-state index in [4.69, 9.17) is 4.74 Å². The van der Waals surface area contributed by atoms with E-state index in [2.05, 4.69) is 24.1 Å². The molecule has 3 aliphatic rings. The number of rotatable bonds is 2. The summed E-state index contributed by atoms with van der Waals surface area (Å²) in [6, 6.07) is 0. The molecule has 3 rings (SSSR count). The number of nitrogens with zero attached hydrogens (tertiary/aromatic N) is 1. The van der Waals surface area contributed by atoms with Crippen molar-refractivity contribution in [3.8, 4) is 0 Å². The predicted octanol–water partition coefficient (Wildman–Crippen LogP) is 2.55. The summed E-state index contributed by atoms with van der Waals surface area (Å²) >= 11 is 0. The fraction of sp³-hybridized carbons (Fsp3) is 1.00. The van der Waals surface area contributed by atoms with Crippen molar-refractivity contribution in [1.29, 1.82) is 0 Å². The largest absolute Gasteiger partial charge is 0.370 e. The van der Waals surface area contributed by atoms with Crippen LogP contribution in [0.1, 0.15) is 58.8 Å². The number of hydrogen-bond acceptors (Lipinski definition) is 3. The Labute approximate surface area is 118 Å². The third-order valence-electron chi connectivity index (χ3n) is 5.22. The maximum Gasteiger partial charge on any atom is 0.0710 e. The van der Waals surface area contributed by atoms with Crippen molar-refractivity contribution in [2.75, 3.05) is 26.2 Å². The second-order valence-electron chi connectivity index (χ2n) is 7.57. The molecule has 3 fully saturated rings. The molecule has 3 nitrogen and oxygen atoms in total. The Morgan fingerprint density at radius 3 is 2.68 bits per heavy atom. The Morgan fingerprint density at radius 1 is 1.16 bits per heavy atom. The molecule has 19 heavy (non-hydrogen) atoms. The van der Waals surface area contributed by atoms with Gasteiger partial charge in [-0.05, 0) is 39.5 Å². The Balaban J connectivity index is 1.51. The fourth-order valence-electron chi connectivity index (χ4n) is 4.28. The van der Waals surface area contributed by atoms with Crippen LogP contribution in [0.25, 0.3) is 0 Å². The average molecular weight is 266 g/mol. The lowest BCUT2D eigenvalue weighted by Crippen LogP contribution is -2.58. The molecule has 1 N–H and O–H groups in total. The topological polar surface area (TPSA) is 24.5 Å². The standard InChI is InChI=1S/C16H30N2O/c1-15(2)13-18(11-10-17-15)12-14-6-9-16(19-14)7-4-3-5-8-16/h14,17H,3-13H2,1-2H3. The molecule has 0 aromatic rings. The highest BCUT2D eigenvalue weighted by atomic mass is 16.5. The van der Waals surface area contributed by atoms with Crippen LogP contribution in [0.5, 0.6) is 0 Å². The molecule has 2 saturated heterocycles. The van der Waals surface area contributed by atoms with E-state index in [-0.39, 0.29) is 11.1 Å². The van der Waals surface area contributed by atoms with Crippen LogP contribution < -0.4 is 5.32 Å². The van der Waals surface area contributed by atoms with Crippen molar-refractivity contribution in [1.82, 2.24) is 10.2 Å². The van der Waals surface area contributed by atoms with E-state index in [0.29, 0.717) is 6.10 Å². The summed E-state index contributed by atoms with van der Waals surface area (Å²) in [5.41, 5.74) is 0.547. The molecular weight excluding hydrogens is 236 g/mol. The second-order valence-corrected chi connectivity index (χ2v) is 7.57. The molecule has 1 saturated carbocycles. The lowest BCUT2D eigenvalue weighted by atomic mass is 9.83. The van der Waals surface area contributed by atoms with Gasteiger partial charge in [0, 0.05) is 31.7 Å². The molecule has 1 spiro atoms. The van der Waals surface area contributed by atoms with E-state index in [9.17, 15) is 0 Å². The van der Waals surface area contributed by atoms with Gasteiger partial charge in [-0.25, -0.2) is 0 Å². The minimum absolute atomic E-state index is 0.263. The monoisotopic (exact) mass is 266 g/mol. The second kappa shape index (κ2) is 5.34. The van der Waals surface area contributed by atoms with Gasteiger partial charge in [-0.15, -0.1) is 0 Å². The molecule has 1 unspecified atom stereocenters. The molecular formula is C16H30N2O. The Bertz CT molecular complexity index is 310. The molecule has 1 aliphatic carbocycles. The Hall–Kier alpha value is -0.120. The summed E-state index contributed by atoms with van der Waals surface area (Å²) in [5, 5.41) is 3.59. The maximum absolute atomic E-state index is 6.50. The van der Waals surface area contributed by atoms with E-state index in [0.717, 1.165) is 19.6 Å². The van der Waals surface area contributed by atoms with Crippen LogP contribution in [0.2, 0.25) is 0 Å². The van der Waals surface area contributed by atoms with Crippen LogP contribution in [0, 0.1) is 0 Å². The summed E-state index contributed by atoms with van der Waals surface area (Å²) < 4.78 is 6.50. The van der Waals surface area contributed by atoms with Gasteiger partial charge in [0.1, 0.15) is 0 Å². The molecule has 2 aliphatic heterocycles. The van der Waals surface area contributed by atoms with E-state index in [1.54, 1.807) is 0 Å². The molecule has 0 aromatic carbocycles. The van der Waals surface area contributed by atoms with Gasteiger partial charge in [-0.2, -0.15) is 0 Å².